The van der Waals surface area contributed by atoms with Crippen LogP contribution in [0.1, 0.15) is 0 Å². The number of hydrogen-bond acceptors (Lipinski definition) is 5. The minimum Gasteiger partial charge on any atom is -0.338 e. The van der Waals surface area contributed by atoms with Crippen LogP contribution >= 0.6 is 34.8 Å². The first-order valence-corrected chi connectivity index (χ1v) is 7.68. The summed E-state index contributed by atoms with van der Waals surface area (Å²) in [5.41, 5.74) is 1.44. The van der Waals surface area contributed by atoms with E-state index < -0.39 is 0 Å². The Labute approximate surface area is 147 Å². The van der Waals surface area contributed by atoms with Crippen molar-refractivity contribution in [1.29, 1.82) is 0 Å². The number of benzene rings is 2. The molecule has 0 saturated carbocycles. The van der Waals surface area contributed by atoms with Crippen LogP contribution < -0.4 is 10.6 Å². The second kappa shape index (κ2) is 7.00. The maximum absolute atomic E-state index is 6.12. The van der Waals surface area contributed by atoms with E-state index in [4.69, 9.17) is 34.8 Å². The third-order valence-corrected chi connectivity index (χ3v) is 3.67. The fourth-order valence-electron chi connectivity index (χ4n) is 1.81. The molecule has 0 amide bonds. The van der Waals surface area contributed by atoms with Gasteiger partial charge in [0.2, 0.25) is 5.95 Å². The van der Waals surface area contributed by atoms with Crippen molar-refractivity contribution in [2.24, 2.45) is 0 Å². The molecule has 3 rings (SSSR count). The minimum absolute atomic E-state index is 0.343. The summed E-state index contributed by atoms with van der Waals surface area (Å²) in [4.78, 5) is 4.33. The molecule has 0 bridgehead atoms. The molecule has 0 atom stereocenters. The summed E-state index contributed by atoms with van der Waals surface area (Å²) in [7, 11) is 0. The summed E-state index contributed by atoms with van der Waals surface area (Å²) in [6.45, 7) is 0. The molecule has 2 aromatic carbocycles. The van der Waals surface area contributed by atoms with Gasteiger partial charge in [0.15, 0.2) is 5.82 Å². The SMILES string of the molecule is Clc1ccc(Nc2nncc(Nc3cc(Cl)ccc3Cl)n2)cc1. The summed E-state index contributed by atoms with van der Waals surface area (Å²) < 4.78 is 0. The quantitative estimate of drug-likeness (QED) is 0.654. The van der Waals surface area contributed by atoms with E-state index in [9.17, 15) is 0 Å². The van der Waals surface area contributed by atoms with Crippen molar-refractivity contribution in [3.05, 3.63) is 63.7 Å². The third kappa shape index (κ3) is 4.22. The molecule has 0 aliphatic rings. The lowest BCUT2D eigenvalue weighted by atomic mass is 10.3. The van der Waals surface area contributed by atoms with Crippen LogP contribution in [-0.2, 0) is 0 Å². The van der Waals surface area contributed by atoms with E-state index in [0.717, 1.165) is 5.69 Å². The van der Waals surface area contributed by atoms with Gasteiger partial charge in [0, 0.05) is 15.7 Å². The van der Waals surface area contributed by atoms with Crippen LogP contribution in [0.25, 0.3) is 0 Å². The Hall–Kier alpha value is -2.08. The number of nitrogens with zero attached hydrogens (tertiary/aromatic N) is 3. The van der Waals surface area contributed by atoms with Gasteiger partial charge in [-0.3, -0.25) is 0 Å². The van der Waals surface area contributed by atoms with Gasteiger partial charge in [-0.2, -0.15) is 10.1 Å². The zero-order chi connectivity index (χ0) is 16.2. The normalized spacial score (nSPS) is 10.4. The number of aromatic nitrogens is 3. The monoisotopic (exact) mass is 365 g/mol. The zero-order valence-electron chi connectivity index (χ0n) is 11.6. The van der Waals surface area contributed by atoms with Gasteiger partial charge in [0.25, 0.3) is 0 Å². The molecule has 1 heterocycles. The first kappa shape index (κ1) is 15.8. The van der Waals surface area contributed by atoms with E-state index in [-0.39, 0.29) is 0 Å². The molecule has 23 heavy (non-hydrogen) atoms. The highest BCUT2D eigenvalue weighted by Crippen LogP contribution is 2.28. The van der Waals surface area contributed by atoms with Crippen LogP contribution in [-0.4, -0.2) is 15.2 Å². The minimum atomic E-state index is 0.343. The van der Waals surface area contributed by atoms with Crippen molar-refractivity contribution in [2.45, 2.75) is 0 Å². The van der Waals surface area contributed by atoms with Gasteiger partial charge in [0.1, 0.15) is 0 Å². The Morgan fingerprint density at radius 2 is 1.57 bits per heavy atom. The van der Waals surface area contributed by atoms with E-state index in [2.05, 4.69) is 25.8 Å². The fourth-order valence-corrected chi connectivity index (χ4v) is 2.27. The third-order valence-electron chi connectivity index (χ3n) is 2.85. The second-order valence-electron chi connectivity index (χ2n) is 4.55. The van der Waals surface area contributed by atoms with Crippen LogP contribution in [0.4, 0.5) is 23.1 Å². The molecule has 2 N–H and O–H groups in total. The molecule has 116 valence electrons. The largest absolute Gasteiger partial charge is 0.338 e. The van der Waals surface area contributed by atoms with Crippen molar-refractivity contribution in [1.82, 2.24) is 15.2 Å². The molecular weight excluding hydrogens is 357 g/mol. The number of anilines is 4. The molecule has 0 aliphatic heterocycles. The Balaban J connectivity index is 1.79. The number of nitrogens with one attached hydrogen (secondary N) is 2. The molecule has 0 fully saturated rings. The highest BCUT2D eigenvalue weighted by molar-refractivity contribution is 6.35. The van der Waals surface area contributed by atoms with Gasteiger partial charge in [0.05, 0.1) is 16.9 Å². The van der Waals surface area contributed by atoms with E-state index in [1.54, 1.807) is 30.3 Å². The average molecular weight is 367 g/mol. The summed E-state index contributed by atoms with van der Waals surface area (Å²) in [6, 6.07) is 12.3. The molecule has 0 aliphatic carbocycles. The van der Waals surface area contributed by atoms with Crippen LogP contribution in [0.3, 0.4) is 0 Å². The zero-order valence-corrected chi connectivity index (χ0v) is 13.9. The molecule has 0 spiro atoms. The second-order valence-corrected chi connectivity index (χ2v) is 5.83. The lowest BCUT2D eigenvalue weighted by Gasteiger charge is -2.09. The first-order chi connectivity index (χ1) is 11.1. The molecule has 0 saturated heterocycles. The first-order valence-electron chi connectivity index (χ1n) is 6.54. The molecular formula is C15H10Cl3N5. The Bertz CT molecular complexity index is 824. The van der Waals surface area contributed by atoms with Crippen molar-refractivity contribution < 1.29 is 0 Å². The summed E-state index contributed by atoms with van der Waals surface area (Å²) in [5, 5.41) is 15.7. The van der Waals surface area contributed by atoms with E-state index in [1.165, 1.54) is 6.20 Å². The number of halogens is 3. The standard InChI is InChI=1S/C15H10Cl3N5/c16-9-1-4-11(5-2-9)20-15-22-14(8-19-23-15)21-13-7-10(17)3-6-12(13)18/h1-8H,(H2,20,21,22,23). The molecule has 3 aromatic rings. The summed E-state index contributed by atoms with van der Waals surface area (Å²) in [6.07, 6.45) is 1.49. The number of hydrogen-bond donors (Lipinski definition) is 2. The summed E-state index contributed by atoms with van der Waals surface area (Å²) in [5.74, 6) is 0.830. The van der Waals surface area contributed by atoms with E-state index in [0.29, 0.717) is 32.5 Å². The smallest absolute Gasteiger partial charge is 0.249 e. The highest BCUT2D eigenvalue weighted by Gasteiger charge is 2.05. The van der Waals surface area contributed by atoms with Gasteiger partial charge >= 0.3 is 0 Å². The lowest BCUT2D eigenvalue weighted by Crippen LogP contribution is -2.02. The maximum Gasteiger partial charge on any atom is 0.249 e. The van der Waals surface area contributed by atoms with Crippen LogP contribution in [0, 0.1) is 0 Å². The molecule has 0 unspecified atom stereocenters. The maximum atomic E-state index is 6.12. The molecule has 5 nitrogen and oxygen atoms in total. The van der Waals surface area contributed by atoms with Gasteiger partial charge in [-0.05, 0) is 42.5 Å². The predicted molar refractivity (Wildman–Crippen MR) is 94.3 cm³/mol. The van der Waals surface area contributed by atoms with Gasteiger partial charge in [-0.15, -0.1) is 5.10 Å². The fraction of sp³-hybridized carbons (Fsp3) is 0. The Morgan fingerprint density at radius 1 is 0.826 bits per heavy atom. The van der Waals surface area contributed by atoms with Gasteiger partial charge in [-0.25, -0.2) is 0 Å². The van der Waals surface area contributed by atoms with Crippen LogP contribution in [0.15, 0.2) is 48.7 Å². The van der Waals surface area contributed by atoms with Crippen molar-refractivity contribution >= 4 is 57.9 Å². The highest BCUT2D eigenvalue weighted by atomic mass is 35.5. The van der Waals surface area contributed by atoms with Crippen LogP contribution in [0.2, 0.25) is 15.1 Å². The van der Waals surface area contributed by atoms with Crippen molar-refractivity contribution in [3.63, 3.8) is 0 Å². The Morgan fingerprint density at radius 3 is 2.35 bits per heavy atom. The average Bonchev–Trinajstić information content (AvgIpc) is 2.54. The van der Waals surface area contributed by atoms with Gasteiger partial charge < -0.3 is 10.6 Å². The summed E-state index contributed by atoms with van der Waals surface area (Å²) >= 11 is 17.9. The molecule has 8 heteroatoms. The molecule has 0 radical (unpaired) electrons. The van der Waals surface area contributed by atoms with Crippen molar-refractivity contribution in [3.8, 4) is 0 Å². The number of rotatable bonds is 4. The van der Waals surface area contributed by atoms with E-state index in [1.807, 2.05) is 12.1 Å². The topological polar surface area (TPSA) is 62.7 Å². The lowest BCUT2D eigenvalue weighted by molar-refractivity contribution is 0.982. The predicted octanol–water partition coefficient (Wildman–Crippen LogP) is 5.32. The molecule has 1 aromatic heterocycles. The van der Waals surface area contributed by atoms with Crippen molar-refractivity contribution in [2.75, 3.05) is 10.6 Å². The van der Waals surface area contributed by atoms with E-state index >= 15 is 0 Å². The van der Waals surface area contributed by atoms with Gasteiger partial charge in [-0.1, -0.05) is 34.8 Å². The van der Waals surface area contributed by atoms with Crippen LogP contribution in [0.5, 0.6) is 0 Å². The Kier molecular flexibility index (Phi) is 4.81.